The van der Waals surface area contributed by atoms with Crippen LogP contribution in [0.3, 0.4) is 0 Å². The first-order valence-corrected chi connectivity index (χ1v) is 4.53. The van der Waals surface area contributed by atoms with Gasteiger partial charge in [0.05, 0.1) is 12.4 Å². The van der Waals surface area contributed by atoms with E-state index in [0.29, 0.717) is 0 Å². The van der Waals surface area contributed by atoms with Crippen molar-refractivity contribution in [2.24, 2.45) is 0 Å². The summed E-state index contributed by atoms with van der Waals surface area (Å²) in [7, 11) is 0. The molecule has 1 aromatic rings. The number of hydrogen-bond donors (Lipinski definition) is 1. The van der Waals surface area contributed by atoms with Gasteiger partial charge in [-0.25, -0.2) is 0 Å². The smallest absolute Gasteiger partial charge is 0.103 e. The second kappa shape index (κ2) is 4.99. The lowest BCUT2D eigenvalue weighted by Crippen LogP contribution is -2.03. The van der Waals surface area contributed by atoms with Crippen molar-refractivity contribution in [3.63, 3.8) is 0 Å². The molecule has 0 spiro atoms. The van der Waals surface area contributed by atoms with E-state index < -0.39 is 0 Å². The van der Waals surface area contributed by atoms with E-state index in [0.717, 1.165) is 31.4 Å². The van der Waals surface area contributed by atoms with Crippen molar-refractivity contribution >= 4 is 0 Å². The summed E-state index contributed by atoms with van der Waals surface area (Å²) in [5, 5.41) is 9.26. The van der Waals surface area contributed by atoms with E-state index in [1.54, 1.807) is 6.26 Å². The normalized spacial score (nSPS) is 13.2. The van der Waals surface area contributed by atoms with Gasteiger partial charge in [-0.15, -0.1) is 0 Å². The van der Waals surface area contributed by atoms with Crippen molar-refractivity contribution < 1.29 is 9.52 Å². The SMILES string of the molecule is CCC(O)CCCc1ccco1. The maximum absolute atomic E-state index is 9.26. The molecule has 0 aliphatic rings. The summed E-state index contributed by atoms with van der Waals surface area (Å²) in [4.78, 5) is 0. The first-order chi connectivity index (χ1) is 5.83. The zero-order valence-electron chi connectivity index (χ0n) is 7.49. The van der Waals surface area contributed by atoms with E-state index >= 15 is 0 Å². The Morgan fingerprint density at radius 3 is 3.00 bits per heavy atom. The first kappa shape index (κ1) is 9.33. The topological polar surface area (TPSA) is 33.4 Å². The number of aliphatic hydroxyl groups is 1. The maximum Gasteiger partial charge on any atom is 0.103 e. The highest BCUT2D eigenvalue weighted by atomic mass is 16.3. The number of hydrogen-bond acceptors (Lipinski definition) is 2. The fourth-order valence-electron chi connectivity index (χ4n) is 1.17. The minimum Gasteiger partial charge on any atom is -0.469 e. The Morgan fingerprint density at radius 2 is 2.42 bits per heavy atom. The Bertz CT molecular complexity index is 192. The summed E-state index contributed by atoms with van der Waals surface area (Å²) in [5.41, 5.74) is 0. The van der Waals surface area contributed by atoms with Crippen LogP contribution in [0.25, 0.3) is 0 Å². The Hall–Kier alpha value is -0.760. The summed E-state index contributed by atoms with van der Waals surface area (Å²) in [5.74, 6) is 1.01. The van der Waals surface area contributed by atoms with Crippen molar-refractivity contribution in [2.75, 3.05) is 0 Å². The van der Waals surface area contributed by atoms with Gasteiger partial charge in [0, 0.05) is 6.42 Å². The molecular formula is C10H16O2. The summed E-state index contributed by atoms with van der Waals surface area (Å²) < 4.78 is 5.17. The molecule has 12 heavy (non-hydrogen) atoms. The van der Waals surface area contributed by atoms with Crippen molar-refractivity contribution in [1.82, 2.24) is 0 Å². The molecule has 0 radical (unpaired) electrons. The van der Waals surface area contributed by atoms with Crippen LogP contribution in [0.2, 0.25) is 0 Å². The molecule has 0 aliphatic heterocycles. The summed E-state index contributed by atoms with van der Waals surface area (Å²) >= 11 is 0. The molecule has 1 N–H and O–H groups in total. The highest BCUT2D eigenvalue weighted by Crippen LogP contribution is 2.08. The van der Waals surface area contributed by atoms with Crippen LogP contribution in [0.5, 0.6) is 0 Å². The third-order valence-corrected chi connectivity index (χ3v) is 2.01. The van der Waals surface area contributed by atoms with Gasteiger partial charge in [-0.05, 0) is 31.4 Å². The quantitative estimate of drug-likeness (QED) is 0.732. The van der Waals surface area contributed by atoms with Crippen LogP contribution < -0.4 is 0 Å². The molecular weight excluding hydrogens is 152 g/mol. The van der Waals surface area contributed by atoms with Gasteiger partial charge in [0.1, 0.15) is 5.76 Å². The number of furan rings is 1. The predicted octanol–water partition coefficient (Wildman–Crippen LogP) is 2.37. The number of rotatable bonds is 5. The Kier molecular flexibility index (Phi) is 3.88. The molecule has 1 atom stereocenters. The van der Waals surface area contributed by atoms with Gasteiger partial charge < -0.3 is 9.52 Å². The van der Waals surface area contributed by atoms with E-state index in [2.05, 4.69) is 0 Å². The lowest BCUT2D eigenvalue weighted by Gasteiger charge is -2.05. The van der Waals surface area contributed by atoms with Crippen molar-refractivity contribution in [1.29, 1.82) is 0 Å². The van der Waals surface area contributed by atoms with E-state index in [1.165, 1.54) is 0 Å². The average Bonchev–Trinajstić information content (AvgIpc) is 2.57. The molecule has 0 fully saturated rings. The van der Waals surface area contributed by atoms with Gasteiger partial charge in [0.2, 0.25) is 0 Å². The van der Waals surface area contributed by atoms with Gasteiger partial charge in [0.25, 0.3) is 0 Å². The van der Waals surface area contributed by atoms with Crippen molar-refractivity contribution in [2.45, 2.75) is 38.7 Å². The minimum atomic E-state index is -0.139. The van der Waals surface area contributed by atoms with E-state index in [9.17, 15) is 5.11 Å². The van der Waals surface area contributed by atoms with Crippen LogP contribution in [-0.2, 0) is 6.42 Å². The van der Waals surface area contributed by atoms with Crippen LogP contribution in [0.1, 0.15) is 31.9 Å². The zero-order chi connectivity index (χ0) is 8.81. The fraction of sp³-hybridized carbons (Fsp3) is 0.600. The maximum atomic E-state index is 9.26. The second-order valence-electron chi connectivity index (χ2n) is 3.03. The monoisotopic (exact) mass is 168 g/mol. The van der Waals surface area contributed by atoms with Gasteiger partial charge >= 0.3 is 0 Å². The summed E-state index contributed by atoms with van der Waals surface area (Å²) in [6, 6.07) is 3.86. The molecule has 0 aromatic carbocycles. The lowest BCUT2D eigenvalue weighted by molar-refractivity contribution is 0.157. The number of aryl methyl sites for hydroxylation is 1. The second-order valence-corrected chi connectivity index (χ2v) is 3.03. The van der Waals surface area contributed by atoms with Crippen LogP contribution >= 0.6 is 0 Å². The Labute approximate surface area is 73.2 Å². The predicted molar refractivity (Wildman–Crippen MR) is 47.9 cm³/mol. The van der Waals surface area contributed by atoms with Crippen LogP contribution in [-0.4, -0.2) is 11.2 Å². The largest absolute Gasteiger partial charge is 0.469 e. The molecule has 1 rings (SSSR count). The molecule has 0 saturated carbocycles. The van der Waals surface area contributed by atoms with Crippen LogP contribution in [0.4, 0.5) is 0 Å². The summed E-state index contributed by atoms with van der Waals surface area (Å²) in [6.45, 7) is 2.00. The van der Waals surface area contributed by atoms with Gasteiger partial charge in [-0.1, -0.05) is 6.92 Å². The molecule has 2 nitrogen and oxygen atoms in total. The van der Waals surface area contributed by atoms with E-state index in [-0.39, 0.29) is 6.10 Å². The van der Waals surface area contributed by atoms with E-state index in [1.807, 2.05) is 19.1 Å². The highest BCUT2D eigenvalue weighted by Gasteiger charge is 2.01. The standard InChI is InChI=1S/C10H16O2/c1-2-9(11)5-3-6-10-7-4-8-12-10/h4,7-9,11H,2-3,5-6H2,1H3. The molecule has 1 aromatic heterocycles. The van der Waals surface area contributed by atoms with Gasteiger partial charge in [-0.2, -0.15) is 0 Å². The zero-order valence-corrected chi connectivity index (χ0v) is 7.49. The third kappa shape index (κ3) is 3.09. The highest BCUT2D eigenvalue weighted by molar-refractivity contribution is 4.97. The molecule has 0 saturated heterocycles. The molecule has 1 heterocycles. The molecule has 0 amide bonds. The molecule has 2 heteroatoms. The molecule has 68 valence electrons. The van der Waals surface area contributed by atoms with Gasteiger partial charge in [0.15, 0.2) is 0 Å². The number of aliphatic hydroxyl groups excluding tert-OH is 1. The molecule has 1 unspecified atom stereocenters. The van der Waals surface area contributed by atoms with Crippen molar-refractivity contribution in [3.05, 3.63) is 24.2 Å². The van der Waals surface area contributed by atoms with Crippen LogP contribution in [0, 0.1) is 0 Å². The average molecular weight is 168 g/mol. The minimum absolute atomic E-state index is 0.139. The third-order valence-electron chi connectivity index (χ3n) is 2.01. The Balaban J connectivity index is 2.11. The van der Waals surface area contributed by atoms with Crippen molar-refractivity contribution in [3.8, 4) is 0 Å². The van der Waals surface area contributed by atoms with Gasteiger partial charge in [-0.3, -0.25) is 0 Å². The first-order valence-electron chi connectivity index (χ1n) is 4.53. The summed E-state index contributed by atoms with van der Waals surface area (Å²) in [6.07, 6.45) is 5.20. The Morgan fingerprint density at radius 1 is 1.58 bits per heavy atom. The molecule has 0 aliphatic carbocycles. The van der Waals surface area contributed by atoms with E-state index in [4.69, 9.17) is 4.42 Å². The lowest BCUT2D eigenvalue weighted by atomic mass is 10.1. The van der Waals surface area contributed by atoms with Crippen LogP contribution in [0.15, 0.2) is 22.8 Å². The fourth-order valence-corrected chi connectivity index (χ4v) is 1.17. The molecule has 0 bridgehead atoms.